The maximum atomic E-state index is 12.8. The summed E-state index contributed by atoms with van der Waals surface area (Å²) in [5.41, 5.74) is 3.16. The summed E-state index contributed by atoms with van der Waals surface area (Å²) in [6, 6.07) is 6.89. The lowest BCUT2D eigenvalue weighted by molar-refractivity contribution is -0.115. The van der Waals surface area contributed by atoms with E-state index in [1.165, 1.54) is 11.8 Å². The molecule has 3 aromatic rings. The van der Waals surface area contributed by atoms with Crippen LogP contribution in [0.1, 0.15) is 27.3 Å². The summed E-state index contributed by atoms with van der Waals surface area (Å²) < 4.78 is 6.60. The fourth-order valence-electron chi connectivity index (χ4n) is 3.04. The van der Waals surface area contributed by atoms with Crippen molar-refractivity contribution in [1.82, 2.24) is 24.9 Å². The number of carbonyl (C=O) groups excluding carboxylic acids is 2. The standard InChI is InChI=1S/C20H24N6O3S/c1-12-15(13(2)26-19(22-12)24-20(25-26)30-4)11-17(27)23-16-8-6-5-7-14(16)18(28)21-9-10-29-3/h5-8H,9-11H2,1-4H3,(H,21,28)(H,23,27). The van der Waals surface area contributed by atoms with E-state index in [2.05, 4.69) is 25.7 Å². The number of amides is 2. The highest BCUT2D eigenvalue weighted by atomic mass is 32.2. The summed E-state index contributed by atoms with van der Waals surface area (Å²) in [6.07, 6.45) is 2.00. The highest BCUT2D eigenvalue weighted by Crippen LogP contribution is 2.19. The predicted molar refractivity (Wildman–Crippen MR) is 115 cm³/mol. The number of para-hydroxylation sites is 1. The number of methoxy groups -OCH3 is 1. The van der Waals surface area contributed by atoms with Crippen LogP contribution < -0.4 is 10.6 Å². The highest BCUT2D eigenvalue weighted by Gasteiger charge is 2.18. The second-order valence-corrected chi connectivity index (χ2v) is 7.36. The number of hydrogen-bond acceptors (Lipinski definition) is 7. The molecule has 0 aliphatic rings. The maximum Gasteiger partial charge on any atom is 0.253 e. The van der Waals surface area contributed by atoms with E-state index in [0.29, 0.717) is 35.3 Å². The van der Waals surface area contributed by atoms with E-state index in [1.54, 1.807) is 35.9 Å². The van der Waals surface area contributed by atoms with Crippen LogP contribution in [0.25, 0.3) is 5.78 Å². The third-order valence-electron chi connectivity index (χ3n) is 4.59. The molecule has 2 aromatic heterocycles. The van der Waals surface area contributed by atoms with Gasteiger partial charge in [-0.15, -0.1) is 5.10 Å². The van der Waals surface area contributed by atoms with Crippen LogP contribution in [0.2, 0.25) is 0 Å². The Morgan fingerprint density at radius 1 is 1.20 bits per heavy atom. The molecule has 158 valence electrons. The molecule has 9 nitrogen and oxygen atoms in total. The van der Waals surface area contributed by atoms with Crippen molar-refractivity contribution >= 4 is 35.0 Å². The van der Waals surface area contributed by atoms with Crippen LogP contribution in [0.5, 0.6) is 0 Å². The van der Waals surface area contributed by atoms with Crippen LogP contribution in [-0.2, 0) is 16.0 Å². The molecule has 2 heterocycles. The van der Waals surface area contributed by atoms with E-state index < -0.39 is 0 Å². The number of anilines is 1. The summed E-state index contributed by atoms with van der Waals surface area (Å²) in [4.78, 5) is 34.0. The van der Waals surface area contributed by atoms with E-state index in [9.17, 15) is 9.59 Å². The Kier molecular flexibility index (Phi) is 7.01. The number of carbonyl (C=O) groups is 2. The zero-order valence-electron chi connectivity index (χ0n) is 17.4. The zero-order chi connectivity index (χ0) is 21.7. The van der Waals surface area contributed by atoms with Crippen molar-refractivity contribution in [2.75, 3.05) is 31.8 Å². The molecule has 0 spiro atoms. The number of rotatable bonds is 8. The van der Waals surface area contributed by atoms with Gasteiger partial charge in [0.2, 0.25) is 11.1 Å². The minimum atomic E-state index is -0.273. The molecule has 3 rings (SSSR count). The van der Waals surface area contributed by atoms with Gasteiger partial charge in [0.15, 0.2) is 0 Å². The molecule has 0 atom stereocenters. The normalized spacial score (nSPS) is 10.9. The number of thioether (sulfide) groups is 1. The van der Waals surface area contributed by atoms with Crippen molar-refractivity contribution in [3.63, 3.8) is 0 Å². The molecule has 2 N–H and O–H groups in total. The second-order valence-electron chi connectivity index (χ2n) is 6.59. The Morgan fingerprint density at radius 3 is 2.70 bits per heavy atom. The molecule has 0 aliphatic heterocycles. The van der Waals surface area contributed by atoms with Crippen molar-refractivity contribution in [2.45, 2.75) is 25.4 Å². The Balaban J connectivity index is 1.79. The highest BCUT2D eigenvalue weighted by molar-refractivity contribution is 7.98. The fraction of sp³-hybridized carbons (Fsp3) is 0.350. The molecule has 0 unspecified atom stereocenters. The molecular weight excluding hydrogens is 404 g/mol. The van der Waals surface area contributed by atoms with Crippen molar-refractivity contribution in [2.24, 2.45) is 0 Å². The molecule has 0 fully saturated rings. The lowest BCUT2D eigenvalue weighted by Gasteiger charge is -2.13. The monoisotopic (exact) mass is 428 g/mol. The topological polar surface area (TPSA) is 111 Å². The molecule has 0 radical (unpaired) electrons. The number of fused-ring (bicyclic) bond motifs is 1. The Bertz CT molecular complexity index is 1080. The fourth-order valence-corrected chi connectivity index (χ4v) is 3.38. The number of aromatic nitrogens is 4. The summed E-state index contributed by atoms with van der Waals surface area (Å²) in [7, 11) is 1.57. The smallest absolute Gasteiger partial charge is 0.253 e. The number of benzene rings is 1. The van der Waals surface area contributed by atoms with Gasteiger partial charge >= 0.3 is 0 Å². The number of hydrogen-bond donors (Lipinski definition) is 2. The average molecular weight is 429 g/mol. The van der Waals surface area contributed by atoms with Gasteiger partial charge in [0.1, 0.15) is 0 Å². The molecule has 10 heteroatoms. The third-order valence-corrected chi connectivity index (χ3v) is 5.13. The van der Waals surface area contributed by atoms with E-state index in [0.717, 1.165) is 17.0 Å². The van der Waals surface area contributed by atoms with Crippen LogP contribution in [0, 0.1) is 13.8 Å². The first-order valence-electron chi connectivity index (χ1n) is 9.37. The molecule has 30 heavy (non-hydrogen) atoms. The molecule has 0 bridgehead atoms. The Morgan fingerprint density at radius 2 is 1.97 bits per heavy atom. The number of aryl methyl sites for hydroxylation is 2. The summed E-state index contributed by atoms with van der Waals surface area (Å²) in [5, 5.41) is 10.6. The van der Waals surface area contributed by atoms with Crippen molar-refractivity contribution in [1.29, 1.82) is 0 Å². The number of nitrogens with zero attached hydrogens (tertiary/aromatic N) is 4. The number of nitrogens with one attached hydrogen (secondary N) is 2. The van der Waals surface area contributed by atoms with E-state index >= 15 is 0 Å². The van der Waals surface area contributed by atoms with E-state index in [-0.39, 0.29) is 18.2 Å². The van der Waals surface area contributed by atoms with Crippen molar-refractivity contribution in [3.05, 3.63) is 46.8 Å². The van der Waals surface area contributed by atoms with Gasteiger partial charge in [-0.25, -0.2) is 9.50 Å². The Labute approximate surface area is 178 Å². The van der Waals surface area contributed by atoms with E-state index in [4.69, 9.17) is 4.74 Å². The van der Waals surface area contributed by atoms with Gasteiger partial charge < -0.3 is 15.4 Å². The SMILES string of the molecule is COCCNC(=O)c1ccccc1NC(=O)Cc1c(C)nc2nc(SC)nn2c1C. The minimum absolute atomic E-state index is 0.106. The molecular formula is C20H24N6O3S. The lowest BCUT2D eigenvalue weighted by Crippen LogP contribution is -2.28. The Hall–Kier alpha value is -2.98. The van der Waals surface area contributed by atoms with Gasteiger partial charge in [-0.3, -0.25) is 9.59 Å². The van der Waals surface area contributed by atoms with Gasteiger partial charge in [-0.05, 0) is 32.2 Å². The van der Waals surface area contributed by atoms with Crippen LogP contribution in [0.3, 0.4) is 0 Å². The first-order chi connectivity index (χ1) is 14.4. The van der Waals surface area contributed by atoms with Crippen LogP contribution in [0.15, 0.2) is 29.4 Å². The van der Waals surface area contributed by atoms with Gasteiger partial charge in [0, 0.05) is 30.6 Å². The zero-order valence-corrected chi connectivity index (χ0v) is 18.2. The van der Waals surface area contributed by atoms with E-state index in [1.807, 2.05) is 20.1 Å². The molecule has 2 amide bonds. The first-order valence-corrected chi connectivity index (χ1v) is 10.6. The van der Waals surface area contributed by atoms with Gasteiger partial charge in [-0.2, -0.15) is 4.98 Å². The van der Waals surface area contributed by atoms with Gasteiger partial charge in [0.25, 0.3) is 11.7 Å². The maximum absolute atomic E-state index is 12.8. The summed E-state index contributed by atoms with van der Waals surface area (Å²) in [6.45, 7) is 4.53. The van der Waals surface area contributed by atoms with Crippen molar-refractivity contribution in [3.8, 4) is 0 Å². The van der Waals surface area contributed by atoms with Crippen LogP contribution in [0.4, 0.5) is 5.69 Å². The molecule has 0 saturated carbocycles. The second kappa shape index (κ2) is 9.68. The third kappa shape index (κ3) is 4.77. The quantitative estimate of drug-likeness (QED) is 0.417. The summed E-state index contributed by atoms with van der Waals surface area (Å²) >= 11 is 1.43. The number of ether oxygens (including phenoxy) is 1. The molecule has 1 aromatic carbocycles. The van der Waals surface area contributed by atoms with Crippen LogP contribution in [-0.4, -0.2) is 57.9 Å². The lowest BCUT2D eigenvalue weighted by atomic mass is 10.1. The first kappa shape index (κ1) is 21.7. The van der Waals surface area contributed by atoms with Gasteiger partial charge in [0.05, 0.1) is 24.3 Å². The average Bonchev–Trinajstić information content (AvgIpc) is 3.15. The predicted octanol–water partition coefficient (Wildman–Crippen LogP) is 2.02. The van der Waals surface area contributed by atoms with Gasteiger partial charge in [-0.1, -0.05) is 23.9 Å². The molecule has 0 saturated heterocycles. The minimum Gasteiger partial charge on any atom is -0.383 e. The van der Waals surface area contributed by atoms with Crippen molar-refractivity contribution < 1.29 is 14.3 Å². The summed E-state index contributed by atoms with van der Waals surface area (Å²) in [5.74, 6) is -0.00751. The largest absolute Gasteiger partial charge is 0.383 e. The molecule has 0 aliphatic carbocycles. The van der Waals surface area contributed by atoms with Crippen LogP contribution >= 0.6 is 11.8 Å².